The summed E-state index contributed by atoms with van der Waals surface area (Å²) < 4.78 is 82.8. The molecule has 2 N–H and O–H groups in total. The van der Waals surface area contributed by atoms with Crippen molar-refractivity contribution >= 4 is 23.0 Å². The van der Waals surface area contributed by atoms with Crippen molar-refractivity contribution in [2.75, 3.05) is 30.9 Å². The Labute approximate surface area is 171 Å². The van der Waals surface area contributed by atoms with Crippen LogP contribution in [0.15, 0.2) is 36.4 Å². The second kappa shape index (κ2) is 9.20. The lowest BCUT2D eigenvalue weighted by Gasteiger charge is -2.16. The van der Waals surface area contributed by atoms with Crippen molar-refractivity contribution in [1.82, 2.24) is 0 Å². The highest BCUT2D eigenvalue weighted by atomic mass is 19.4. The number of non-ortho nitro benzene ring substituents is 1. The number of hydrogen-bond acceptors (Lipinski definition) is 5. The number of rotatable bonds is 7. The second-order valence-corrected chi connectivity index (χ2v) is 6.16. The fourth-order valence-electron chi connectivity index (χ4n) is 2.50. The van der Waals surface area contributed by atoms with Gasteiger partial charge in [-0.3, -0.25) is 14.9 Å². The van der Waals surface area contributed by atoms with Gasteiger partial charge in [0.1, 0.15) is 0 Å². The van der Waals surface area contributed by atoms with Gasteiger partial charge in [-0.1, -0.05) is 0 Å². The Morgan fingerprint density at radius 2 is 1.61 bits per heavy atom. The zero-order valence-corrected chi connectivity index (χ0v) is 15.7. The van der Waals surface area contributed by atoms with Gasteiger partial charge in [-0.2, -0.15) is 26.3 Å². The maximum Gasteiger partial charge on any atom is 0.416 e. The minimum atomic E-state index is -5.10. The van der Waals surface area contributed by atoms with Crippen LogP contribution in [-0.2, 0) is 17.1 Å². The van der Waals surface area contributed by atoms with E-state index in [-0.39, 0.29) is 30.5 Å². The summed E-state index contributed by atoms with van der Waals surface area (Å²) in [5.41, 5.74) is -4.78. The highest BCUT2D eigenvalue weighted by Crippen LogP contribution is 2.37. The lowest BCUT2D eigenvalue weighted by Crippen LogP contribution is -2.18. The molecule has 0 aromatic heterocycles. The van der Waals surface area contributed by atoms with Crippen LogP contribution in [0, 0.1) is 10.1 Å². The number of anilines is 2. The van der Waals surface area contributed by atoms with Gasteiger partial charge >= 0.3 is 12.4 Å². The van der Waals surface area contributed by atoms with Gasteiger partial charge in [-0.15, -0.1) is 0 Å². The molecule has 0 aliphatic heterocycles. The number of nitro groups is 1. The molecule has 0 saturated carbocycles. The Balaban J connectivity index is 2.46. The van der Waals surface area contributed by atoms with E-state index in [1.807, 2.05) is 5.32 Å². The monoisotopic (exact) mass is 451 g/mol. The van der Waals surface area contributed by atoms with Crippen LogP contribution in [0.3, 0.4) is 0 Å². The van der Waals surface area contributed by atoms with Crippen LogP contribution in [0.25, 0.3) is 0 Å². The summed E-state index contributed by atoms with van der Waals surface area (Å²) in [5.74, 6) is -1.14. The van der Waals surface area contributed by atoms with Gasteiger partial charge in [0, 0.05) is 37.2 Å². The molecule has 0 spiro atoms. The first-order valence-corrected chi connectivity index (χ1v) is 8.45. The lowest BCUT2D eigenvalue weighted by molar-refractivity contribution is -0.384. The molecule has 0 bridgehead atoms. The molecule has 2 rings (SSSR count). The lowest BCUT2D eigenvalue weighted by atomic mass is 10.1. The topological polar surface area (TPSA) is 93.5 Å². The van der Waals surface area contributed by atoms with E-state index in [9.17, 15) is 41.3 Å². The Morgan fingerprint density at radius 3 is 2.10 bits per heavy atom. The number of benzene rings is 2. The van der Waals surface area contributed by atoms with Crippen molar-refractivity contribution in [2.45, 2.75) is 12.4 Å². The number of carbonyl (C=O) groups excluding carboxylic acids is 1. The van der Waals surface area contributed by atoms with E-state index in [2.05, 4.69) is 5.32 Å². The van der Waals surface area contributed by atoms with E-state index < -0.39 is 45.7 Å². The van der Waals surface area contributed by atoms with Gasteiger partial charge in [0.15, 0.2) is 0 Å². The van der Waals surface area contributed by atoms with Crippen LogP contribution in [0.1, 0.15) is 21.5 Å². The van der Waals surface area contributed by atoms with Crippen molar-refractivity contribution < 1.29 is 40.8 Å². The van der Waals surface area contributed by atoms with Crippen LogP contribution in [0.4, 0.5) is 43.4 Å². The maximum absolute atomic E-state index is 13.0. The summed E-state index contributed by atoms with van der Waals surface area (Å²) in [6, 6.07) is 3.71. The van der Waals surface area contributed by atoms with E-state index in [0.29, 0.717) is 12.1 Å². The average Bonchev–Trinajstić information content (AvgIpc) is 2.66. The predicted molar refractivity (Wildman–Crippen MR) is 97.9 cm³/mol. The number of alkyl halides is 6. The molecule has 1 amide bonds. The fraction of sp³-hybridized carbons (Fsp3) is 0.278. The summed E-state index contributed by atoms with van der Waals surface area (Å²) >= 11 is 0. The third-order valence-electron chi connectivity index (χ3n) is 3.93. The van der Waals surface area contributed by atoms with E-state index in [0.717, 1.165) is 12.1 Å². The Morgan fingerprint density at radius 1 is 1.03 bits per heavy atom. The summed E-state index contributed by atoms with van der Waals surface area (Å²) in [5, 5.41) is 15.7. The molecular formula is C18H15F6N3O4. The number of amides is 1. The summed E-state index contributed by atoms with van der Waals surface area (Å²) in [4.78, 5) is 22.8. The second-order valence-electron chi connectivity index (χ2n) is 6.16. The molecule has 168 valence electrons. The van der Waals surface area contributed by atoms with Crippen LogP contribution in [0.5, 0.6) is 0 Å². The first-order valence-electron chi connectivity index (χ1n) is 8.45. The van der Waals surface area contributed by atoms with Crippen LogP contribution in [-0.4, -0.2) is 31.1 Å². The molecule has 31 heavy (non-hydrogen) atoms. The number of halogens is 6. The van der Waals surface area contributed by atoms with Crippen molar-refractivity contribution in [1.29, 1.82) is 0 Å². The van der Waals surface area contributed by atoms with Gasteiger partial charge in [0.25, 0.3) is 11.6 Å². The maximum atomic E-state index is 13.0. The molecule has 2 aromatic rings. The summed E-state index contributed by atoms with van der Waals surface area (Å²) in [6.45, 7) is 0.372. The first-order chi connectivity index (χ1) is 14.3. The zero-order valence-electron chi connectivity index (χ0n) is 15.7. The molecule has 0 aliphatic carbocycles. The average molecular weight is 451 g/mol. The van der Waals surface area contributed by atoms with Gasteiger partial charge in [0.2, 0.25) is 0 Å². The summed E-state index contributed by atoms with van der Waals surface area (Å²) in [6.07, 6.45) is -10.2. The van der Waals surface area contributed by atoms with Gasteiger partial charge in [-0.05, 0) is 24.3 Å². The van der Waals surface area contributed by atoms with Gasteiger partial charge in [-0.25, -0.2) is 0 Å². The zero-order chi connectivity index (χ0) is 23.4. The molecule has 0 unspecified atom stereocenters. The Hall–Kier alpha value is -3.35. The molecule has 0 atom stereocenters. The number of hydrogen-bond donors (Lipinski definition) is 2. The van der Waals surface area contributed by atoms with Crippen LogP contribution in [0.2, 0.25) is 0 Å². The summed E-state index contributed by atoms with van der Waals surface area (Å²) in [7, 11) is 1.40. The number of ether oxygens (including phenoxy) is 1. The standard InChI is InChI=1S/C18H15F6N3O4/c1-31-5-4-25-15-3-2-13(27(29)30)9-14(15)16(28)26-12-7-10(17(19,20)21)6-11(8-12)18(22,23)24/h2-3,6-9,25H,4-5H2,1H3,(H,26,28). The smallest absolute Gasteiger partial charge is 0.383 e. The molecule has 2 aromatic carbocycles. The third-order valence-corrected chi connectivity index (χ3v) is 3.93. The minimum absolute atomic E-state index is 0.0724. The normalized spacial score (nSPS) is 11.8. The van der Waals surface area contributed by atoms with Crippen LogP contribution >= 0.6 is 0 Å². The van der Waals surface area contributed by atoms with E-state index in [1.54, 1.807) is 0 Å². The van der Waals surface area contributed by atoms with Gasteiger partial charge in [0.05, 0.1) is 28.2 Å². The highest BCUT2D eigenvalue weighted by Gasteiger charge is 2.37. The molecule has 0 radical (unpaired) electrons. The number of carbonyl (C=O) groups is 1. The van der Waals surface area contributed by atoms with Crippen molar-refractivity contribution in [3.63, 3.8) is 0 Å². The molecule has 13 heteroatoms. The van der Waals surface area contributed by atoms with Gasteiger partial charge < -0.3 is 15.4 Å². The molecular weight excluding hydrogens is 436 g/mol. The van der Waals surface area contributed by atoms with Crippen molar-refractivity contribution in [2.24, 2.45) is 0 Å². The number of nitro benzene ring substituents is 1. The van der Waals surface area contributed by atoms with Crippen molar-refractivity contribution in [3.8, 4) is 0 Å². The number of methoxy groups -OCH3 is 1. The SMILES string of the molecule is COCCNc1ccc([N+](=O)[O-])cc1C(=O)Nc1cc(C(F)(F)F)cc(C(F)(F)F)c1. The van der Waals surface area contributed by atoms with E-state index >= 15 is 0 Å². The number of nitrogens with zero attached hydrogens (tertiary/aromatic N) is 1. The molecule has 0 heterocycles. The van der Waals surface area contributed by atoms with Crippen molar-refractivity contribution in [3.05, 3.63) is 63.2 Å². The fourth-order valence-corrected chi connectivity index (χ4v) is 2.50. The quantitative estimate of drug-likeness (QED) is 0.269. The predicted octanol–water partition coefficient (Wildman–Crippen LogP) is 4.94. The van der Waals surface area contributed by atoms with E-state index in [4.69, 9.17) is 4.74 Å². The Kier molecular flexibility index (Phi) is 7.10. The largest absolute Gasteiger partial charge is 0.416 e. The first kappa shape index (κ1) is 23.9. The Bertz CT molecular complexity index is 943. The molecule has 0 fully saturated rings. The minimum Gasteiger partial charge on any atom is -0.383 e. The third kappa shape index (κ3) is 6.31. The molecule has 7 nitrogen and oxygen atoms in total. The molecule has 0 saturated heterocycles. The van der Waals surface area contributed by atoms with E-state index in [1.165, 1.54) is 13.2 Å². The number of nitrogens with one attached hydrogen (secondary N) is 2. The van der Waals surface area contributed by atoms with Crippen LogP contribution < -0.4 is 10.6 Å². The highest BCUT2D eigenvalue weighted by molar-refractivity contribution is 6.08. The molecule has 0 aliphatic rings.